The summed E-state index contributed by atoms with van der Waals surface area (Å²) in [5.74, 6) is -0.249. The lowest BCUT2D eigenvalue weighted by Crippen LogP contribution is -2.50. The molecule has 0 radical (unpaired) electrons. The molecule has 0 fully saturated rings. The summed E-state index contributed by atoms with van der Waals surface area (Å²) in [6.07, 6.45) is 3.72. The van der Waals surface area contributed by atoms with Crippen LogP contribution < -0.4 is 16.4 Å². The summed E-state index contributed by atoms with van der Waals surface area (Å²) in [4.78, 5) is 41.2. The molecule has 0 saturated heterocycles. The first-order valence-electron chi connectivity index (χ1n) is 14.9. The van der Waals surface area contributed by atoms with Gasteiger partial charge in [-0.05, 0) is 62.3 Å². The van der Waals surface area contributed by atoms with E-state index in [1.165, 1.54) is 0 Å². The maximum atomic E-state index is 13.5. The molecule has 0 saturated carbocycles. The molecule has 7 nitrogen and oxygen atoms in total. The van der Waals surface area contributed by atoms with Gasteiger partial charge in [0.25, 0.3) is 11.8 Å². The number of rotatable bonds is 16. The van der Waals surface area contributed by atoms with E-state index in [1.807, 2.05) is 50.8 Å². The van der Waals surface area contributed by atoms with E-state index in [4.69, 9.17) is 5.73 Å². The van der Waals surface area contributed by atoms with E-state index in [-0.39, 0.29) is 23.6 Å². The number of carbonyl (C=O) groups is 3. The van der Waals surface area contributed by atoms with Gasteiger partial charge in [-0.15, -0.1) is 0 Å². The zero-order valence-corrected chi connectivity index (χ0v) is 25.3. The van der Waals surface area contributed by atoms with Crippen LogP contribution in [0.1, 0.15) is 92.1 Å². The Bertz CT molecular complexity index is 1100. The third-order valence-electron chi connectivity index (χ3n) is 7.41. The minimum absolute atomic E-state index is 0.0219. The smallest absolute Gasteiger partial charge is 0.253 e. The summed E-state index contributed by atoms with van der Waals surface area (Å²) in [5.41, 5.74) is 9.79. The summed E-state index contributed by atoms with van der Waals surface area (Å²) < 4.78 is 0. The number of aryl methyl sites for hydroxylation is 1. The minimum atomic E-state index is -0.441. The van der Waals surface area contributed by atoms with Gasteiger partial charge >= 0.3 is 0 Å². The molecule has 220 valence electrons. The molecule has 2 aromatic rings. The van der Waals surface area contributed by atoms with Crippen molar-refractivity contribution in [3.63, 3.8) is 0 Å². The lowest BCUT2D eigenvalue weighted by atomic mass is 9.91. The van der Waals surface area contributed by atoms with E-state index in [0.29, 0.717) is 49.5 Å². The summed E-state index contributed by atoms with van der Waals surface area (Å²) in [6.45, 7) is 14.2. The van der Waals surface area contributed by atoms with Gasteiger partial charge in [0.1, 0.15) is 0 Å². The monoisotopic (exact) mass is 550 g/mol. The Labute approximate surface area is 241 Å². The Hall–Kier alpha value is -3.19. The molecule has 2 rings (SSSR count). The van der Waals surface area contributed by atoms with Crippen LogP contribution in [0.15, 0.2) is 48.5 Å². The van der Waals surface area contributed by atoms with Crippen LogP contribution in [0.2, 0.25) is 0 Å². The van der Waals surface area contributed by atoms with Gasteiger partial charge in [0, 0.05) is 48.8 Å². The first kappa shape index (κ1) is 33.0. The fraction of sp³-hybridized carbons (Fsp3) is 0.545. The first-order valence-corrected chi connectivity index (χ1v) is 14.9. The Morgan fingerprint density at radius 1 is 0.925 bits per heavy atom. The molecule has 40 heavy (non-hydrogen) atoms. The third kappa shape index (κ3) is 10.4. The molecule has 3 amide bonds. The SMILES string of the molecule is CCCN(CCC)C(=O)c1cccc(C(=O)N[C@@H](Cc2cccc(C)c2)[C@@H](N)C[C@@H](C)C(=O)NC[C@@H](C)CC)c1. The van der Waals surface area contributed by atoms with E-state index in [0.717, 1.165) is 30.4 Å². The highest BCUT2D eigenvalue weighted by molar-refractivity contribution is 5.99. The molecule has 0 aliphatic rings. The van der Waals surface area contributed by atoms with Crippen LogP contribution in [-0.2, 0) is 11.2 Å². The average Bonchev–Trinajstić information content (AvgIpc) is 2.94. The molecule has 4 N–H and O–H groups in total. The van der Waals surface area contributed by atoms with E-state index >= 15 is 0 Å². The average molecular weight is 551 g/mol. The van der Waals surface area contributed by atoms with Crippen molar-refractivity contribution in [3.8, 4) is 0 Å². The van der Waals surface area contributed by atoms with Gasteiger partial charge in [0.15, 0.2) is 0 Å². The van der Waals surface area contributed by atoms with Crippen LogP contribution in [-0.4, -0.2) is 54.3 Å². The van der Waals surface area contributed by atoms with Crippen molar-refractivity contribution in [2.45, 2.75) is 85.7 Å². The number of nitrogens with two attached hydrogens (primary N) is 1. The fourth-order valence-corrected chi connectivity index (χ4v) is 4.76. The van der Waals surface area contributed by atoms with Crippen molar-refractivity contribution in [1.82, 2.24) is 15.5 Å². The number of nitrogens with one attached hydrogen (secondary N) is 2. The summed E-state index contributed by atoms with van der Waals surface area (Å²) >= 11 is 0. The summed E-state index contributed by atoms with van der Waals surface area (Å²) in [7, 11) is 0. The molecule has 0 aliphatic carbocycles. The molecule has 7 heteroatoms. The van der Waals surface area contributed by atoms with Crippen LogP contribution in [0.25, 0.3) is 0 Å². The predicted molar refractivity (Wildman–Crippen MR) is 163 cm³/mol. The topological polar surface area (TPSA) is 105 Å². The number of hydrogen-bond donors (Lipinski definition) is 3. The number of amides is 3. The second kappa shape index (κ2) is 16.8. The van der Waals surface area contributed by atoms with Crippen molar-refractivity contribution >= 4 is 17.7 Å². The Kier molecular flexibility index (Phi) is 13.9. The second-order valence-corrected chi connectivity index (χ2v) is 11.2. The van der Waals surface area contributed by atoms with Crippen molar-refractivity contribution < 1.29 is 14.4 Å². The van der Waals surface area contributed by atoms with Gasteiger partial charge in [-0.1, -0.05) is 76.9 Å². The molecule has 4 atom stereocenters. The maximum Gasteiger partial charge on any atom is 0.253 e. The minimum Gasteiger partial charge on any atom is -0.356 e. The third-order valence-corrected chi connectivity index (χ3v) is 7.41. The molecule has 0 unspecified atom stereocenters. The van der Waals surface area contributed by atoms with E-state index < -0.39 is 12.1 Å². The van der Waals surface area contributed by atoms with Crippen LogP contribution in [0.5, 0.6) is 0 Å². The molecular weight excluding hydrogens is 500 g/mol. The van der Waals surface area contributed by atoms with Gasteiger partial charge < -0.3 is 21.3 Å². The fourth-order valence-electron chi connectivity index (χ4n) is 4.76. The van der Waals surface area contributed by atoms with Crippen LogP contribution in [0.3, 0.4) is 0 Å². The quantitative estimate of drug-likeness (QED) is 0.270. The van der Waals surface area contributed by atoms with Gasteiger partial charge in [-0.3, -0.25) is 14.4 Å². The van der Waals surface area contributed by atoms with Gasteiger partial charge in [-0.25, -0.2) is 0 Å². The Balaban J connectivity index is 2.22. The van der Waals surface area contributed by atoms with Gasteiger partial charge in [0.2, 0.25) is 5.91 Å². The molecule has 0 bridgehead atoms. The lowest BCUT2D eigenvalue weighted by molar-refractivity contribution is -0.125. The normalized spacial score (nSPS) is 14.1. The molecule has 2 aromatic carbocycles. The molecule has 0 spiro atoms. The van der Waals surface area contributed by atoms with Crippen molar-refractivity contribution in [2.75, 3.05) is 19.6 Å². The number of hydrogen-bond acceptors (Lipinski definition) is 4. The van der Waals surface area contributed by atoms with Crippen LogP contribution in [0, 0.1) is 18.8 Å². The van der Waals surface area contributed by atoms with Crippen molar-refractivity contribution in [2.24, 2.45) is 17.6 Å². The van der Waals surface area contributed by atoms with Gasteiger partial charge in [-0.2, -0.15) is 0 Å². The molecule has 0 aliphatic heterocycles. The number of nitrogens with zero attached hydrogens (tertiary/aromatic N) is 1. The Morgan fingerprint density at radius 2 is 1.57 bits per heavy atom. The van der Waals surface area contributed by atoms with Crippen molar-refractivity contribution in [3.05, 3.63) is 70.8 Å². The highest BCUT2D eigenvalue weighted by Crippen LogP contribution is 2.16. The highest BCUT2D eigenvalue weighted by atomic mass is 16.2. The van der Waals surface area contributed by atoms with E-state index in [1.54, 1.807) is 24.3 Å². The Morgan fingerprint density at radius 3 is 2.20 bits per heavy atom. The number of benzene rings is 2. The molecule has 0 aromatic heterocycles. The zero-order chi connectivity index (χ0) is 29.7. The van der Waals surface area contributed by atoms with Gasteiger partial charge in [0.05, 0.1) is 0 Å². The van der Waals surface area contributed by atoms with Crippen LogP contribution >= 0.6 is 0 Å². The van der Waals surface area contributed by atoms with Crippen molar-refractivity contribution in [1.29, 1.82) is 0 Å². The molecular formula is C33H50N4O3. The van der Waals surface area contributed by atoms with Crippen LogP contribution in [0.4, 0.5) is 0 Å². The van der Waals surface area contributed by atoms with E-state index in [2.05, 4.69) is 30.5 Å². The standard InChI is InChI=1S/C33H50N4O3/c1-7-16-37(17-8-2)33(40)28-15-11-14-27(21-28)32(39)36-30(20-26-13-10-12-24(5)18-26)29(34)19-25(6)31(38)35-22-23(4)9-3/h10-15,18,21,23,25,29-30H,7-9,16-17,19-20,22,34H2,1-6H3,(H,35,38)(H,36,39)/t23-,25+,29-,30-/m0/s1. The predicted octanol–water partition coefficient (Wildman–Crippen LogP) is 5.11. The summed E-state index contributed by atoms with van der Waals surface area (Å²) in [5, 5.41) is 6.16. The largest absolute Gasteiger partial charge is 0.356 e. The first-order chi connectivity index (χ1) is 19.1. The van der Waals surface area contributed by atoms with E-state index in [9.17, 15) is 14.4 Å². The lowest BCUT2D eigenvalue weighted by Gasteiger charge is -2.28. The summed E-state index contributed by atoms with van der Waals surface area (Å²) in [6, 6.07) is 14.2. The zero-order valence-electron chi connectivity index (χ0n) is 25.3. The maximum absolute atomic E-state index is 13.5. The highest BCUT2D eigenvalue weighted by Gasteiger charge is 2.26. The number of carbonyl (C=O) groups excluding carboxylic acids is 3. The second-order valence-electron chi connectivity index (χ2n) is 11.2. The molecule has 0 heterocycles.